The lowest BCUT2D eigenvalue weighted by Crippen LogP contribution is -2.53. The lowest BCUT2D eigenvalue weighted by molar-refractivity contribution is 0.331. The van der Waals surface area contributed by atoms with E-state index in [0.717, 1.165) is 12.5 Å². The van der Waals surface area contributed by atoms with E-state index in [9.17, 15) is 0 Å². The quantitative estimate of drug-likeness (QED) is 0.852. The fourth-order valence-electron chi connectivity index (χ4n) is 3.56. The molecular weight excluding hydrogens is 232 g/mol. The number of nitrogens with one attached hydrogen (secondary N) is 1. The smallest absolute Gasteiger partial charge is 0.0607 e. The highest BCUT2D eigenvalue weighted by atomic mass is 15.3. The van der Waals surface area contributed by atoms with E-state index in [1.165, 1.54) is 50.0 Å². The van der Waals surface area contributed by atoms with Gasteiger partial charge in [-0.15, -0.1) is 0 Å². The molecule has 1 aromatic rings. The molecule has 1 aromatic carbocycles. The molecule has 1 aliphatic heterocycles. The van der Waals surface area contributed by atoms with Crippen molar-refractivity contribution in [1.82, 2.24) is 0 Å². The van der Waals surface area contributed by atoms with Gasteiger partial charge in [-0.1, -0.05) is 31.4 Å². The van der Waals surface area contributed by atoms with Crippen molar-refractivity contribution < 1.29 is 0 Å². The van der Waals surface area contributed by atoms with Crippen LogP contribution in [0.5, 0.6) is 0 Å². The molecule has 2 heteroatoms. The zero-order valence-corrected chi connectivity index (χ0v) is 12.3. The molecule has 0 atom stereocenters. The van der Waals surface area contributed by atoms with Crippen LogP contribution in [0.1, 0.15) is 46.0 Å². The van der Waals surface area contributed by atoms with Gasteiger partial charge in [0.25, 0.3) is 0 Å². The van der Waals surface area contributed by atoms with Gasteiger partial charge in [-0.25, -0.2) is 0 Å². The maximum absolute atomic E-state index is 3.58. The van der Waals surface area contributed by atoms with Crippen molar-refractivity contribution in [2.45, 2.75) is 51.5 Å². The third kappa shape index (κ3) is 2.58. The molecular formula is C17H26N2. The minimum absolute atomic E-state index is 0.214. The molecule has 19 heavy (non-hydrogen) atoms. The molecule has 0 unspecified atom stereocenters. The van der Waals surface area contributed by atoms with E-state index in [4.69, 9.17) is 0 Å². The minimum Gasteiger partial charge on any atom is -0.381 e. The Morgan fingerprint density at radius 3 is 2.68 bits per heavy atom. The normalized spacial score (nSPS) is 22.7. The minimum atomic E-state index is 0.214. The zero-order valence-electron chi connectivity index (χ0n) is 12.3. The Balaban J connectivity index is 1.84. The van der Waals surface area contributed by atoms with Crippen LogP contribution in [-0.2, 0) is 0 Å². The predicted molar refractivity (Wildman–Crippen MR) is 82.9 cm³/mol. The maximum Gasteiger partial charge on any atom is 0.0607 e. The van der Waals surface area contributed by atoms with Crippen LogP contribution in [-0.4, -0.2) is 18.6 Å². The Hall–Kier alpha value is -1.18. The highest BCUT2D eigenvalue weighted by molar-refractivity contribution is 5.73. The third-order valence-corrected chi connectivity index (χ3v) is 4.80. The molecule has 1 N–H and O–H groups in total. The maximum atomic E-state index is 3.58. The Morgan fingerprint density at radius 1 is 1.16 bits per heavy atom. The molecule has 2 nitrogen and oxygen atoms in total. The van der Waals surface area contributed by atoms with Crippen molar-refractivity contribution >= 4 is 11.4 Å². The Bertz CT molecular complexity index is 433. The Labute approximate surface area is 117 Å². The van der Waals surface area contributed by atoms with Gasteiger partial charge in [0.1, 0.15) is 0 Å². The number of fused-ring (bicyclic) bond motifs is 1. The van der Waals surface area contributed by atoms with Crippen LogP contribution in [0.4, 0.5) is 11.4 Å². The average molecular weight is 258 g/mol. The standard InChI is InChI=1S/C17H26N2/c1-17(2)13-18-15-10-6-7-11-16(15)19(17)12-14-8-4-3-5-9-14/h6-7,10-11,14,18H,3-5,8-9,12-13H2,1-2H3. The van der Waals surface area contributed by atoms with E-state index in [1.807, 2.05) is 0 Å². The van der Waals surface area contributed by atoms with E-state index in [2.05, 4.69) is 48.3 Å². The summed E-state index contributed by atoms with van der Waals surface area (Å²) in [6.45, 7) is 6.99. The summed E-state index contributed by atoms with van der Waals surface area (Å²) in [6, 6.07) is 8.77. The van der Waals surface area contributed by atoms with Crippen molar-refractivity contribution in [2.75, 3.05) is 23.3 Å². The molecule has 0 saturated heterocycles. The first-order chi connectivity index (χ1) is 9.17. The van der Waals surface area contributed by atoms with Crippen molar-refractivity contribution in [3.8, 4) is 0 Å². The van der Waals surface area contributed by atoms with Gasteiger partial charge in [0.15, 0.2) is 0 Å². The summed E-state index contributed by atoms with van der Waals surface area (Å²) < 4.78 is 0. The van der Waals surface area contributed by atoms with Gasteiger partial charge in [0.2, 0.25) is 0 Å². The first-order valence-electron chi connectivity index (χ1n) is 7.77. The number of anilines is 2. The molecule has 1 aliphatic carbocycles. The third-order valence-electron chi connectivity index (χ3n) is 4.80. The van der Waals surface area contributed by atoms with E-state index >= 15 is 0 Å². The summed E-state index contributed by atoms with van der Waals surface area (Å²) in [4.78, 5) is 2.65. The number of nitrogens with zero attached hydrogens (tertiary/aromatic N) is 1. The summed E-state index contributed by atoms with van der Waals surface area (Å²) in [5.74, 6) is 0.888. The van der Waals surface area contributed by atoms with E-state index < -0.39 is 0 Å². The van der Waals surface area contributed by atoms with Crippen LogP contribution in [0, 0.1) is 5.92 Å². The van der Waals surface area contributed by atoms with Crippen molar-refractivity contribution in [2.24, 2.45) is 5.92 Å². The summed E-state index contributed by atoms with van der Waals surface area (Å²) in [7, 11) is 0. The van der Waals surface area contributed by atoms with Gasteiger partial charge in [0.05, 0.1) is 16.9 Å². The fourth-order valence-corrected chi connectivity index (χ4v) is 3.56. The van der Waals surface area contributed by atoms with Gasteiger partial charge in [-0.05, 0) is 44.7 Å². The number of hydrogen-bond acceptors (Lipinski definition) is 2. The number of rotatable bonds is 2. The molecule has 0 radical (unpaired) electrons. The Kier molecular flexibility index (Phi) is 3.42. The number of benzene rings is 1. The zero-order chi connectivity index (χ0) is 13.3. The molecule has 1 fully saturated rings. The SMILES string of the molecule is CC1(C)CNc2ccccc2N1CC1CCCCC1. The van der Waals surface area contributed by atoms with Gasteiger partial charge in [-0.2, -0.15) is 0 Å². The Morgan fingerprint density at radius 2 is 1.89 bits per heavy atom. The highest BCUT2D eigenvalue weighted by Gasteiger charge is 2.33. The summed E-state index contributed by atoms with van der Waals surface area (Å²) in [5, 5.41) is 3.58. The van der Waals surface area contributed by atoms with Crippen molar-refractivity contribution in [1.29, 1.82) is 0 Å². The van der Waals surface area contributed by atoms with Crippen LogP contribution in [0.25, 0.3) is 0 Å². The van der Waals surface area contributed by atoms with Gasteiger partial charge < -0.3 is 10.2 Å². The molecule has 0 aromatic heterocycles. The topological polar surface area (TPSA) is 15.3 Å². The molecule has 104 valence electrons. The molecule has 0 spiro atoms. The highest BCUT2D eigenvalue weighted by Crippen LogP contribution is 2.37. The van der Waals surface area contributed by atoms with Crippen LogP contribution in [0.3, 0.4) is 0 Å². The molecule has 0 bridgehead atoms. The second-order valence-electron chi connectivity index (χ2n) is 6.80. The van der Waals surface area contributed by atoms with Crippen molar-refractivity contribution in [3.63, 3.8) is 0 Å². The van der Waals surface area contributed by atoms with Crippen LogP contribution in [0.2, 0.25) is 0 Å². The van der Waals surface area contributed by atoms with Gasteiger partial charge >= 0.3 is 0 Å². The summed E-state index contributed by atoms with van der Waals surface area (Å²) in [6.07, 6.45) is 7.14. The average Bonchev–Trinajstić information content (AvgIpc) is 2.43. The first-order valence-corrected chi connectivity index (χ1v) is 7.77. The van der Waals surface area contributed by atoms with Crippen LogP contribution in [0.15, 0.2) is 24.3 Å². The van der Waals surface area contributed by atoms with E-state index in [-0.39, 0.29) is 5.54 Å². The predicted octanol–water partition coefficient (Wildman–Crippen LogP) is 4.28. The summed E-state index contributed by atoms with van der Waals surface area (Å²) >= 11 is 0. The second-order valence-corrected chi connectivity index (χ2v) is 6.80. The van der Waals surface area contributed by atoms with Crippen LogP contribution >= 0.6 is 0 Å². The van der Waals surface area contributed by atoms with Crippen molar-refractivity contribution in [3.05, 3.63) is 24.3 Å². The molecule has 1 saturated carbocycles. The van der Waals surface area contributed by atoms with E-state index in [1.54, 1.807) is 0 Å². The first kappa shape index (κ1) is 12.8. The number of para-hydroxylation sites is 2. The van der Waals surface area contributed by atoms with Gasteiger partial charge in [0, 0.05) is 13.1 Å². The monoisotopic (exact) mass is 258 g/mol. The molecule has 3 rings (SSSR count). The van der Waals surface area contributed by atoms with E-state index in [0.29, 0.717) is 0 Å². The van der Waals surface area contributed by atoms with Crippen LogP contribution < -0.4 is 10.2 Å². The summed E-state index contributed by atoms with van der Waals surface area (Å²) in [5.41, 5.74) is 2.91. The van der Waals surface area contributed by atoms with Gasteiger partial charge in [-0.3, -0.25) is 0 Å². The lowest BCUT2D eigenvalue weighted by Gasteiger charge is -2.47. The fraction of sp³-hybridized carbons (Fsp3) is 0.647. The molecule has 1 heterocycles. The second kappa shape index (κ2) is 5.07. The molecule has 0 amide bonds. The lowest BCUT2D eigenvalue weighted by atomic mass is 9.86. The largest absolute Gasteiger partial charge is 0.381 e. The molecule has 2 aliphatic rings. The number of hydrogen-bond donors (Lipinski definition) is 1.